The van der Waals surface area contributed by atoms with Crippen molar-refractivity contribution in [3.05, 3.63) is 12.1 Å². The summed E-state index contributed by atoms with van der Waals surface area (Å²) in [5.41, 5.74) is 0.734. The van der Waals surface area contributed by atoms with Gasteiger partial charge in [-0.05, 0) is 25.9 Å². The number of carbonyl (C=O) groups is 1. The van der Waals surface area contributed by atoms with Crippen molar-refractivity contribution in [1.82, 2.24) is 5.32 Å². The summed E-state index contributed by atoms with van der Waals surface area (Å²) in [6, 6.07) is 3.58. The van der Waals surface area contributed by atoms with Crippen molar-refractivity contribution >= 4 is 24.0 Å². The summed E-state index contributed by atoms with van der Waals surface area (Å²) in [6.45, 7) is 1.78. The largest absolute Gasteiger partial charge is 0.493 e. The highest BCUT2D eigenvalue weighted by Crippen LogP contribution is 2.41. The number of hydrogen-bond donors (Lipinski definition) is 1. The average Bonchev–Trinajstić information content (AvgIpc) is 2.59. The van der Waals surface area contributed by atoms with Gasteiger partial charge in [-0.2, -0.15) is 0 Å². The Morgan fingerprint density at radius 2 is 1.61 bits per heavy atom. The van der Waals surface area contributed by atoms with E-state index < -0.39 is 0 Å². The van der Waals surface area contributed by atoms with E-state index in [0.717, 1.165) is 31.6 Å². The molecule has 1 aliphatic rings. The molecule has 1 aliphatic heterocycles. The van der Waals surface area contributed by atoms with Crippen LogP contribution in [0.2, 0.25) is 0 Å². The molecule has 0 unspecified atom stereocenters. The van der Waals surface area contributed by atoms with E-state index in [0.29, 0.717) is 17.2 Å². The van der Waals surface area contributed by atoms with Gasteiger partial charge in [0, 0.05) is 25.1 Å². The van der Waals surface area contributed by atoms with Gasteiger partial charge in [0.1, 0.15) is 0 Å². The molecule has 23 heavy (non-hydrogen) atoms. The van der Waals surface area contributed by atoms with Crippen LogP contribution >= 0.6 is 12.4 Å². The maximum atomic E-state index is 12.6. The maximum Gasteiger partial charge on any atom is 0.229 e. The Labute approximate surface area is 143 Å². The Hall–Kier alpha value is -1.66. The number of methoxy groups -OCH3 is 3. The molecule has 2 rings (SSSR count). The summed E-state index contributed by atoms with van der Waals surface area (Å²) in [5, 5.41) is 3.27. The van der Waals surface area contributed by atoms with Crippen LogP contribution in [0.3, 0.4) is 0 Å². The molecule has 0 bridgehead atoms. The predicted octanol–water partition coefficient (Wildman–Crippen LogP) is 2.10. The molecule has 6 nitrogen and oxygen atoms in total. The number of nitrogens with one attached hydrogen (secondary N) is 1. The number of piperidine rings is 1. The highest BCUT2D eigenvalue weighted by Gasteiger charge is 2.26. The Morgan fingerprint density at radius 1 is 1.09 bits per heavy atom. The minimum absolute atomic E-state index is 0. The Kier molecular flexibility index (Phi) is 7.45. The van der Waals surface area contributed by atoms with Crippen molar-refractivity contribution in [2.75, 3.05) is 46.4 Å². The molecule has 1 fully saturated rings. The smallest absolute Gasteiger partial charge is 0.229 e. The predicted molar refractivity (Wildman–Crippen MR) is 92.3 cm³/mol. The van der Waals surface area contributed by atoms with E-state index in [1.54, 1.807) is 45.4 Å². The first-order valence-electron chi connectivity index (χ1n) is 7.40. The fraction of sp³-hybridized carbons (Fsp3) is 0.562. The minimum atomic E-state index is 0. The summed E-state index contributed by atoms with van der Waals surface area (Å²) in [7, 11) is 6.47. The first-order valence-corrected chi connectivity index (χ1v) is 7.40. The molecule has 1 N–H and O–H groups in total. The monoisotopic (exact) mass is 344 g/mol. The van der Waals surface area contributed by atoms with Crippen LogP contribution in [0, 0.1) is 5.92 Å². The molecule has 0 aromatic heterocycles. The number of ether oxygens (including phenoxy) is 3. The topological polar surface area (TPSA) is 60.0 Å². The second-order valence-electron chi connectivity index (χ2n) is 5.31. The first kappa shape index (κ1) is 19.4. The van der Waals surface area contributed by atoms with E-state index in [4.69, 9.17) is 14.2 Å². The molecule has 0 saturated carbocycles. The summed E-state index contributed by atoms with van der Waals surface area (Å²) in [5.74, 6) is 1.79. The number of benzene rings is 1. The SMILES string of the molecule is COc1cc(N(C)C(=O)C2CCNCC2)cc(OC)c1OC.Cl. The van der Waals surface area contributed by atoms with Crippen molar-refractivity contribution in [1.29, 1.82) is 0 Å². The number of hydrogen-bond acceptors (Lipinski definition) is 5. The lowest BCUT2D eigenvalue weighted by Gasteiger charge is -2.27. The number of carbonyl (C=O) groups excluding carboxylic acids is 1. The van der Waals surface area contributed by atoms with Crippen LogP contribution in [0.15, 0.2) is 12.1 Å². The van der Waals surface area contributed by atoms with Crippen LogP contribution in [0.1, 0.15) is 12.8 Å². The summed E-state index contributed by atoms with van der Waals surface area (Å²) < 4.78 is 16.0. The van der Waals surface area contributed by atoms with Crippen molar-refractivity contribution in [3.63, 3.8) is 0 Å². The van der Waals surface area contributed by atoms with E-state index in [1.807, 2.05) is 0 Å². The second-order valence-corrected chi connectivity index (χ2v) is 5.31. The third kappa shape index (κ3) is 4.20. The van der Waals surface area contributed by atoms with Crippen molar-refractivity contribution in [2.45, 2.75) is 12.8 Å². The van der Waals surface area contributed by atoms with Gasteiger partial charge in [0.25, 0.3) is 0 Å². The van der Waals surface area contributed by atoms with E-state index >= 15 is 0 Å². The zero-order chi connectivity index (χ0) is 16.1. The van der Waals surface area contributed by atoms with Crippen LogP contribution in [0.4, 0.5) is 5.69 Å². The maximum absolute atomic E-state index is 12.6. The lowest BCUT2D eigenvalue weighted by atomic mass is 9.96. The van der Waals surface area contributed by atoms with Gasteiger partial charge in [-0.3, -0.25) is 4.79 Å². The fourth-order valence-electron chi connectivity index (χ4n) is 2.73. The quantitative estimate of drug-likeness (QED) is 0.886. The molecule has 0 aliphatic carbocycles. The van der Waals surface area contributed by atoms with Crippen LogP contribution in [0.25, 0.3) is 0 Å². The van der Waals surface area contributed by atoms with Gasteiger partial charge >= 0.3 is 0 Å². The molecule has 130 valence electrons. The van der Waals surface area contributed by atoms with Crippen molar-refractivity contribution in [2.24, 2.45) is 5.92 Å². The third-order valence-corrected chi connectivity index (χ3v) is 4.06. The zero-order valence-corrected chi connectivity index (χ0v) is 14.9. The number of rotatable bonds is 5. The molecule has 1 amide bonds. The summed E-state index contributed by atoms with van der Waals surface area (Å²) >= 11 is 0. The minimum Gasteiger partial charge on any atom is -0.493 e. The average molecular weight is 345 g/mol. The molecule has 1 aromatic rings. The first-order chi connectivity index (χ1) is 10.6. The van der Waals surface area contributed by atoms with E-state index in [-0.39, 0.29) is 24.2 Å². The lowest BCUT2D eigenvalue weighted by molar-refractivity contribution is -0.122. The van der Waals surface area contributed by atoms with Gasteiger partial charge in [-0.25, -0.2) is 0 Å². The van der Waals surface area contributed by atoms with Crippen LogP contribution < -0.4 is 24.4 Å². The normalized spacial score (nSPS) is 14.6. The number of amides is 1. The third-order valence-electron chi connectivity index (χ3n) is 4.06. The van der Waals surface area contributed by atoms with Crippen LogP contribution in [-0.2, 0) is 4.79 Å². The Bertz CT molecular complexity index is 508. The van der Waals surface area contributed by atoms with Crippen molar-refractivity contribution < 1.29 is 19.0 Å². The molecule has 1 aromatic carbocycles. The van der Waals surface area contributed by atoms with Gasteiger partial charge in [-0.15, -0.1) is 12.4 Å². The summed E-state index contributed by atoms with van der Waals surface area (Å²) in [4.78, 5) is 14.3. The molecule has 0 spiro atoms. The lowest BCUT2D eigenvalue weighted by Crippen LogP contribution is -2.39. The van der Waals surface area contributed by atoms with E-state index in [9.17, 15) is 4.79 Å². The standard InChI is InChI=1S/C16H24N2O4.ClH/c1-18(16(19)11-5-7-17-8-6-11)12-9-13(20-2)15(22-4)14(10-12)21-3;/h9-11,17H,5-8H2,1-4H3;1H. The highest BCUT2D eigenvalue weighted by molar-refractivity contribution is 5.95. The second kappa shape index (κ2) is 8.84. The van der Waals surface area contributed by atoms with Gasteiger partial charge in [-0.1, -0.05) is 0 Å². The number of halogens is 1. The molecule has 0 atom stereocenters. The number of nitrogens with zero attached hydrogens (tertiary/aromatic N) is 1. The van der Waals surface area contributed by atoms with Gasteiger partial charge in [0.05, 0.1) is 27.0 Å². The molecule has 1 heterocycles. The fourth-order valence-corrected chi connectivity index (χ4v) is 2.73. The molecule has 7 heteroatoms. The van der Waals surface area contributed by atoms with Crippen LogP contribution in [0.5, 0.6) is 17.2 Å². The van der Waals surface area contributed by atoms with Gasteiger partial charge in [0.2, 0.25) is 11.7 Å². The van der Waals surface area contributed by atoms with Gasteiger partial charge in [0.15, 0.2) is 11.5 Å². The van der Waals surface area contributed by atoms with Crippen molar-refractivity contribution in [3.8, 4) is 17.2 Å². The highest BCUT2D eigenvalue weighted by atomic mass is 35.5. The molecular weight excluding hydrogens is 320 g/mol. The van der Waals surface area contributed by atoms with Gasteiger partial charge < -0.3 is 24.4 Å². The Morgan fingerprint density at radius 3 is 2.04 bits per heavy atom. The summed E-state index contributed by atoms with van der Waals surface area (Å²) in [6.07, 6.45) is 1.74. The molecular formula is C16H25ClN2O4. The Balaban J connectivity index is 0.00000264. The van der Waals surface area contributed by atoms with E-state index in [2.05, 4.69) is 5.32 Å². The molecule has 1 saturated heterocycles. The molecule has 0 radical (unpaired) electrons. The zero-order valence-electron chi connectivity index (χ0n) is 14.0. The van der Waals surface area contributed by atoms with Crippen LogP contribution in [-0.4, -0.2) is 47.4 Å². The number of anilines is 1. The van der Waals surface area contributed by atoms with E-state index in [1.165, 1.54) is 0 Å².